The molecule has 22 heavy (non-hydrogen) atoms. The Bertz CT molecular complexity index is 594. The molecule has 0 saturated heterocycles. The molecular weight excluding hydrogens is 319 g/mol. The van der Waals surface area contributed by atoms with E-state index in [1.807, 2.05) is 18.2 Å². The molecule has 0 amide bonds. The van der Waals surface area contributed by atoms with Gasteiger partial charge in [-0.2, -0.15) is 0 Å². The summed E-state index contributed by atoms with van der Waals surface area (Å²) >= 11 is 12.2. The Morgan fingerprint density at radius 3 is 2.59 bits per heavy atom. The van der Waals surface area contributed by atoms with Crippen LogP contribution in [0.5, 0.6) is 0 Å². The minimum Gasteiger partial charge on any atom is -0.460 e. The number of nitrogens with one attached hydrogen (secondary N) is 1. The van der Waals surface area contributed by atoms with Crippen LogP contribution in [0.25, 0.3) is 11.3 Å². The van der Waals surface area contributed by atoms with E-state index in [1.165, 1.54) is 0 Å². The third-order valence-corrected chi connectivity index (χ3v) is 4.22. The molecule has 0 unspecified atom stereocenters. The topological polar surface area (TPSA) is 28.4 Å². The predicted octanol–water partition coefficient (Wildman–Crippen LogP) is 4.68. The highest BCUT2D eigenvalue weighted by atomic mass is 35.5. The second kappa shape index (κ2) is 8.59. The Labute approximate surface area is 142 Å². The molecule has 0 aliphatic rings. The molecule has 3 nitrogen and oxygen atoms in total. The van der Waals surface area contributed by atoms with Gasteiger partial charge < -0.3 is 14.6 Å². The Morgan fingerprint density at radius 2 is 1.86 bits per heavy atom. The normalized spacial score (nSPS) is 11.3. The molecule has 0 spiro atoms. The monoisotopic (exact) mass is 340 g/mol. The molecule has 0 aliphatic carbocycles. The number of halogens is 2. The van der Waals surface area contributed by atoms with E-state index in [1.54, 1.807) is 12.1 Å². The van der Waals surface area contributed by atoms with E-state index in [2.05, 4.69) is 24.1 Å². The molecule has 0 aliphatic heterocycles. The largest absolute Gasteiger partial charge is 0.460 e. The fourth-order valence-corrected chi connectivity index (χ4v) is 2.68. The molecule has 5 heteroatoms. The molecule has 2 aromatic rings. The summed E-state index contributed by atoms with van der Waals surface area (Å²) in [4.78, 5) is 2.38. The lowest BCUT2D eigenvalue weighted by Gasteiger charge is -2.17. The molecule has 0 atom stereocenters. The molecule has 0 fully saturated rings. The molecule has 0 radical (unpaired) electrons. The van der Waals surface area contributed by atoms with Gasteiger partial charge in [-0.25, -0.2) is 0 Å². The van der Waals surface area contributed by atoms with Crippen molar-refractivity contribution in [3.63, 3.8) is 0 Å². The summed E-state index contributed by atoms with van der Waals surface area (Å²) in [6.45, 7) is 9.20. The van der Waals surface area contributed by atoms with Crippen molar-refractivity contribution >= 4 is 23.2 Å². The minimum absolute atomic E-state index is 0.639. The summed E-state index contributed by atoms with van der Waals surface area (Å²) in [5.41, 5.74) is 0.823. The van der Waals surface area contributed by atoms with E-state index in [0.29, 0.717) is 16.6 Å². The highest BCUT2D eigenvalue weighted by Crippen LogP contribution is 2.31. The summed E-state index contributed by atoms with van der Waals surface area (Å²) in [5, 5.41) is 4.68. The van der Waals surface area contributed by atoms with Gasteiger partial charge in [0.15, 0.2) is 0 Å². The fourth-order valence-electron chi connectivity index (χ4n) is 2.29. The van der Waals surface area contributed by atoms with Crippen molar-refractivity contribution in [3.8, 4) is 11.3 Å². The lowest BCUT2D eigenvalue weighted by Crippen LogP contribution is -2.31. The molecule has 2 rings (SSSR count). The van der Waals surface area contributed by atoms with Crippen LogP contribution in [0, 0.1) is 0 Å². The van der Waals surface area contributed by atoms with Crippen LogP contribution in [0.3, 0.4) is 0 Å². The molecule has 1 aromatic carbocycles. The van der Waals surface area contributed by atoms with E-state index in [0.717, 1.165) is 43.3 Å². The molecule has 1 N–H and O–H groups in total. The number of likely N-dealkylation sites (N-methyl/N-ethyl adjacent to an activating group) is 1. The summed E-state index contributed by atoms with van der Waals surface area (Å²) in [6.07, 6.45) is 0. The highest BCUT2D eigenvalue weighted by molar-refractivity contribution is 6.35. The maximum atomic E-state index is 6.19. The Kier molecular flexibility index (Phi) is 6.77. The van der Waals surface area contributed by atoms with Gasteiger partial charge >= 0.3 is 0 Å². The maximum Gasteiger partial charge on any atom is 0.135 e. The smallest absolute Gasteiger partial charge is 0.135 e. The molecule has 1 heterocycles. The Balaban J connectivity index is 1.90. The highest BCUT2D eigenvalue weighted by Gasteiger charge is 2.09. The predicted molar refractivity (Wildman–Crippen MR) is 93.7 cm³/mol. The standard InChI is InChI=1S/C17H22Cl2N2O/c1-3-21(4-2)10-9-20-12-14-6-8-17(22-14)15-11-13(18)5-7-16(15)19/h5-8,11,20H,3-4,9-10,12H2,1-2H3. The van der Waals surface area contributed by atoms with Crippen molar-refractivity contribution < 1.29 is 4.42 Å². The second-order valence-electron chi connectivity index (χ2n) is 5.09. The first-order valence-electron chi connectivity index (χ1n) is 7.61. The second-order valence-corrected chi connectivity index (χ2v) is 5.94. The third-order valence-electron chi connectivity index (χ3n) is 3.65. The van der Waals surface area contributed by atoms with Gasteiger partial charge in [0, 0.05) is 23.7 Å². The zero-order valence-corrected chi connectivity index (χ0v) is 14.5. The quantitative estimate of drug-likeness (QED) is 0.707. The van der Waals surface area contributed by atoms with Crippen molar-refractivity contribution in [1.82, 2.24) is 10.2 Å². The number of hydrogen-bond donors (Lipinski definition) is 1. The van der Waals surface area contributed by atoms with Crippen LogP contribution in [0.15, 0.2) is 34.7 Å². The van der Waals surface area contributed by atoms with Crippen LogP contribution in [-0.2, 0) is 6.54 Å². The van der Waals surface area contributed by atoms with E-state index >= 15 is 0 Å². The van der Waals surface area contributed by atoms with Crippen LogP contribution >= 0.6 is 23.2 Å². The van der Waals surface area contributed by atoms with Crippen LogP contribution in [0.4, 0.5) is 0 Å². The van der Waals surface area contributed by atoms with Gasteiger partial charge in [-0.15, -0.1) is 0 Å². The first-order valence-corrected chi connectivity index (χ1v) is 8.36. The summed E-state index contributed by atoms with van der Waals surface area (Å²) < 4.78 is 5.85. The average molecular weight is 341 g/mol. The van der Waals surface area contributed by atoms with E-state index < -0.39 is 0 Å². The average Bonchev–Trinajstić information content (AvgIpc) is 2.98. The van der Waals surface area contributed by atoms with E-state index in [-0.39, 0.29) is 0 Å². The first kappa shape index (κ1) is 17.4. The molecule has 120 valence electrons. The Hall–Kier alpha value is -1.00. The van der Waals surface area contributed by atoms with E-state index in [4.69, 9.17) is 27.6 Å². The van der Waals surface area contributed by atoms with Crippen molar-refractivity contribution in [1.29, 1.82) is 0 Å². The number of rotatable bonds is 8. The SMILES string of the molecule is CCN(CC)CCNCc1ccc(-c2cc(Cl)ccc2Cl)o1. The van der Waals surface area contributed by atoms with Crippen molar-refractivity contribution in [2.75, 3.05) is 26.2 Å². The minimum atomic E-state index is 0.639. The third kappa shape index (κ3) is 4.75. The molecule has 1 aromatic heterocycles. The number of hydrogen-bond acceptors (Lipinski definition) is 3. The van der Waals surface area contributed by atoms with Gasteiger partial charge in [-0.05, 0) is 43.4 Å². The molecule has 0 bridgehead atoms. The van der Waals surface area contributed by atoms with Crippen molar-refractivity contribution in [2.24, 2.45) is 0 Å². The fraction of sp³-hybridized carbons (Fsp3) is 0.412. The number of benzene rings is 1. The zero-order valence-electron chi connectivity index (χ0n) is 13.0. The molecular formula is C17H22Cl2N2O. The van der Waals surface area contributed by atoms with Gasteiger partial charge in [0.1, 0.15) is 11.5 Å². The lowest BCUT2D eigenvalue weighted by atomic mass is 10.2. The first-order chi connectivity index (χ1) is 10.6. The Morgan fingerprint density at radius 1 is 1.09 bits per heavy atom. The summed E-state index contributed by atoms with van der Waals surface area (Å²) in [5.74, 6) is 1.64. The van der Waals surface area contributed by atoms with Gasteiger partial charge in [0.25, 0.3) is 0 Å². The summed E-state index contributed by atoms with van der Waals surface area (Å²) in [6, 6.07) is 9.27. The van der Waals surface area contributed by atoms with Crippen LogP contribution < -0.4 is 5.32 Å². The summed E-state index contributed by atoms with van der Waals surface area (Å²) in [7, 11) is 0. The van der Waals surface area contributed by atoms with Crippen LogP contribution in [0.2, 0.25) is 10.0 Å². The molecule has 0 saturated carbocycles. The van der Waals surface area contributed by atoms with E-state index in [9.17, 15) is 0 Å². The van der Waals surface area contributed by atoms with Crippen LogP contribution in [0.1, 0.15) is 19.6 Å². The maximum absolute atomic E-state index is 6.19. The van der Waals surface area contributed by atoms with Gasteiger partial charge in [-0.1, -0.05) is 37.0 Å². The van der Waals surface area contributed by atoms with Gasteiger partial charge in [-0.3, -0.25) is 0 Å². The number of furan rings is 1. The van der Waals surface area contributed by atoms with Crippen molar-refractivity contribution in [3.05, 3.63) is 46.1 Å². The lowest BCUT2D eigenvalue weighted by molar-refractivity contribution is 0.300. The number of nitrogens with zero attached hydrogens (tertiary/aromatic N) is 1. The van der Waals surface area contributed by atoms with Gasteiger partial charge in [0.05, 0.1) is 11.6 Å². The van der Waals surface area contributed by atoms with Crippen molar-refractivity contribution in [2.45, 2.75) is 20.4 Å². The zero-order chi connectivity index (χ0) is 15.9. The van der Waals surface area contributed by atoms with Crippen LogP contribution in [-0.4, -0.2) is 31.1 Å². The van der Waals surface area contributed by atoms with Gasteiger partial charge in [0.2, 0.25) is 0 Å².